The average Bonchev–Trinajstić information content (AvgIpc) is 3.04. The van der Waals surface area contributed by atoms with Gasteiger partial charge in [0.05, 0.1) is 5.92 Å². The van der Waals surface area contributed by atoms with Crippen LogP contribution in [0.15, 0.2) is 42.5 Å². The Labute approximate surface area is 168 Å². The maximum Gasteiger partial charge on any atom is 0.311 e. The Balaban J connectivity index is 1.53. The van der Waals surface area contributed by atoms with Crippen LogP contribution in [0.25, 0.3) is 0 Å². The van der Waals surface area contributed by atoms with Crippen molar-refractivity contribution in [3.05, 3.63) is 58.6 Å². The zero-order chi connectivity index (χ0) is 20.3. The van der Waals surface area contributed by atoms with Crippen molar-refractivity contribution in [2.45, 2.75) is 20.3 Å². The summed E-state index contributed by atoms with van der Waals surface area (Å²) in [5, 5.41) is 3.25. The van der Waals surface area contributed by atoms with Crippen LogP contribution in [-0.2, 0) is 19.1 Å². The molecule has 1 saturated heterocycles. The van der Waals surface area contributed by atoms with E-state index in [0.29, 0.717) is 10.7 Å². The lowest BCUT2D eigenvalue weighted by Gasteiger charge is -2.16. The van der Waals surface area contributed by atoms with Gasteiger partial charge in [-0.05, 0) is 49.7 Å². The second-order valence-electron chi connectivity index (χ2n) is 6.86. The fraction of sp³-hybridized carbons (Fsp3) is 0.286. The SMILES string of the molecule is Cc1ccc(N2C[C@@H](C(=O)OCC(=O)Nc3ccc(Cl)cc3C)CC2=O)cc1. The number of carbonyl (C=O) groups is 3. The average molecular weight is 401 g/mol. The van der Waals surface area contributed by atoms with Crippen molar-refractivity contribution in [3.8, 4) is 0 Å². The molecule has 1 atom stereocenters. The molecule has 0 spiro atoms. The summed E-state index contributed by atoms with van der Waals surface area (Å²) < 4.78 is 5.12. The molecule has 1 aliphatic heterocycles. The first-order valence-corrected chi connectivity index (χ1v) is 9.31. The minimum Gasteiger partial charge on any atom is -0.455 e. The Kier molecular flexibility index (Phi) is 5.99. The summed E-state index contributed by atoms with van der Waals surface area (Å²) in [4.78, 5) is 38.2. The third kappa shape index (κ3) is 4.70. The van der Waals surface area contributed by atoms with Crippen LogP contribution in [-0.4, -0.2) is 30.9 Å². The van der Waals surface area contributed by atoms with Crippen LogP contribution in [0.1, 0.15) is 17.5 Å². The fourth-order valence-corrected chi connectivity index (χ4v) is 3.27. The molecule has 0 aromatic heterocycles. The lowest BCUT2D eigenvalue weighted by Crippen LogP contribution is -2.28. The van der Waals surface area contributed by atoms with Crippen LogP contribution < -0.4 is 10.2 Å². The molecule has 0 radical (unpaired) electrons. The molecule has 2 aromatic rings. The molecule has 2 amide bonds. The van der Waals surface area contributed by atoms with E-state index < -0.39 is 24.4 Å². The summed E-state index contributed by atoms with van der Waals surface area (Å²) in [6.07, 6.45) is 0.0740. The van der Waals surface area contributed by atoms with Crippen molar-refractivity contribution < 1.29 is 19.1 Å². The molecule has 1 fully saturated rings. The van der Waals surface area contributed by atoms with E-state index in [1.54, 1.807) is 23.1 Å². The van der Waals surface area contributed by atoms with Gasteiger partial charge in [-0.15, -0.1) is 0 Å². The number of carbonyl (C=O) groups excluding carboxylic acids is 3. The number of amides is 2. The molecular formula is C21H21ClN2O4. The van der Waals surface area contributed by atoms with E-state index in [2.05, 4.69) is 5.32 Å². The van der Waals surface area contributed by atoms with Crippen molar-refractivity contribution in [1.82, 2.24) is 0 Å². The van der Waals surface area contributed by atoms with Crippen LogP contribution >= 0.6 is 11.6 Å². The zero-order valence-corrected chi connectivity index (χ0v) is 16.5. The number of nitrogens with one attached hydrogen (secondary N) is 1. The van der Waals surface area contributed by atoms with Gasteiger partial charge in [0.25, 0.3) is 5.91 Å². The van der Waals surface area contributed by atoms with Crippen molar-refractivity contribution in [2.24, 2.45) is 5.92 Å². The van der Waals surface area contributed by atoms with Crippen molar-refractivity contribution in [2.75, 3.05) is 23.4 Å². The Hall–Kier alpha value is -2.86. The highest BCUT2D eigenvalue weighted by Crippen LogP contribution is 2.26. The molecule has 28 heavy (non-hydrogen) atoms. The number of hydrogen-bond acceptors (Lipinski definition) is 4. The Morgan fingerprint density at radius 3 is 2.57 bits per heavy atom. The molecule has 0 saturated carbocycles. The van der Waals surface area contributed by atoms with E-state index >= 15 is 0 Å². The van der Waals surface area contributed by atoms with Gasteiger partial charge in [0.2, 0.25) is 5.91 Å². The monoisotopic (exact) mass is 400 g/mol. The van der Waals surface area contributed by atoms with E-state index in [-0.39, 0.29) is 18.9 Å². The summed E-state index contributed by atoms with van der Waals surface area (Å²) in [5.74, 6) is -1.71. The fourth-order valence-electron chi connectivity index (χ4n) is 3.05. The maximum atomic E-state index is 12.3. The molecule has 6 nitrogen and oxygen atoms in total. The van der Waals surface area contributed by atoms with Crippen LogP contribution in [0.2, 0.25) is 5.02 Å². The lowest BCUT2D eigenvalue weighted by atomic mass is 10.1. The largest absolute Gasteiger partial charge is 0.455 e. The van der Waals surface area contributed by atoms with Crippen LogP contribution in [0, 0.1) is 19.8 Å². The predicted molar refractivity (Wildman–Crippen MR) is 107 cm³/mol. The smallest absolute Gasteiger partial charge is 0.311 e. The predicted octanol–water partition coefficient (Wildman–Crippen LogP) is 3.49. The van der Waals surface area contributed by atoms with Gasteiger partial charge in [0.15, 0.2) is 6.61 Å². The number of halogens is 1. The number of anilines is 2. The highest BCUT2D eigenvalue weighted by atomic mass is 35.5. The van der Waals surface area contributed by atoms with Gasteiger partial charge < -0.3 is 15.0 Å². The van der Waals surface area contributed by atoms with Crippen molar-refractivity contribution in [3.63, 3.8) is 0 Å². The Morgan fingerprint density at radius 1 is 1.18 bits per heavy atom. The normalized spacial score (nSPS) is 16.2. The molecule has 1 N–H and O–H groups in total. The molecule has 0 unspecified atom stereocenters. The molecule has 2 aromatic carbocycles. The number of esters is 1. The minimum atomic E-state index is -0.584. The van der Waals surface area contributed by atoms with Crippen LogP contribution in [0.5, 0.6) is 0 Å². The van der Waals surface area contributed by atoms with Gasteiger partial charge in [-0.2, -0.15) is 0 Å². The van der Waals surface area contributed by atoms with E-state index in [4.69, 9.17) is 16.3 Å². The number of benzene rings is 2. The summed E-state index contributed by atoms with van der Waals surface area (Å²) in [6.45, 7) is 3.62. The van der Waals surface area contributed by atoms with E-state index in [0.717, 1.165) is 16.8 Å². The molecule has 146 valence electrons. The Morgan fingerprint density at radius 2 is 1.89 bits per heavy atom. The summed E-state index contributed by atoms with van der Waals surface area (Å²) in [5.41, 5.74) is 3.25. The topological polar surface area (TPSA) is 75.7 Å². The second kappa shape index (κ2) is 8.44. The minimum absolute atomic E-state index is 0.0740. The quantitative estimate of drug-likeness (QED) is 0.779. The first kappa shape index (κ1) is 19.9. The van der Waals surface area contributed by atoms with Crippen molar-refractivity contribution in [1.29, 1.82) is 0 Å². The molecule has 1 aliphatic rings. The molecule has 0 aliphatic carbocycles. The zero-order valence-electron chi connectivity index (χ0n) is 15.7. The van der Waals surface area contributed by atoms with E-state index in [1.807, 2.05) is 38.1 Å². The maximum absolute atomic E-state index is 12.3. The second-order valence-corrected chi connectivity index (χ2v) is 7.29. The molecule has 0 bridgehead atoms. The third-order valence-corrected chi connectivity index (χ3v) is 4.85. The first-order valence-electron chi connectivity index (χ1n) is 8.93. The van der Waals surface area contributed by atoms with Gasteiger partial charge in [-0.1, -0.05) is 29.3 Å². The summed E-state index contributed by atoms with van der Waals surface area (Å²) in [6, 6.07) is 12.6. The number of hydrogen-bond donors (Lipinski definition) is 1. The first-order chi connectivity index (χ1) is 13.3. The number of aryl methyl sites for hydroxylation is 2. The highest BCUT2D eigenvalue weighted by Gasteiger charge is 2.36. The highest BCUT2D eigenvalue weighted by molar-refractivity contribution is 6.30. The van der Waals surface area contributed by atoms with E-state index in [1.165, 1.54) is 0 Å². The van der Waals surface area contributed by atoms with Gasteiger partial charge in [0, 0.05) is 29.4 Å². The summed E-state index contributed by atoms with van der Waals surface area (Å²) in [7, 11) is 0. The number of ether oxygens (including phenoxy) is 1. The van der Waals surface area contributed by atoms with Crippen molar-refractivity contribution >= 4 is 40.8 Å². The van der Waals surface area contributed by atoms with Crippen LogP contribution in [0.3, 0.4) is 0 Å². The van der Waals surface area contributed by atoms with Gasteiger partial charge in [0.1, 0.15) is 0 Å². The summed E-state index contributed by atoms with van der Waals surface area (Å²) >= 11 is 5.89. The van der Waals surface area contributed by atoms with Gasteiger partial charge >= 0.3 is 5.97 Å². The van der Waals surface area contributed by atoms with E-state index in [9.17, 15) is 14.4 Å². The molecule has 1 heterocycles. The van der Waals surface area contributed by atoms with Gasteiger partial charge in [-0.3, -0.25) is 14.4 Å². The van der Waals surface area contributed by atoms with Gasteiger partial charge in [-0.25, -0.2) is 0 Å². The molecule has 3 rings (SSSR count). The lowest BCUT2D eigenvalue weighted by molar-refractivity contribution is -0.151. The third-order valence-electron chi connectivity index (χ3n) is 4.61. The Bertz CT molecular complexity index is 911. The molecule has 7 heteroatoms. The standard InChI is InChI=1S/C21H21ClN2O4/c1-13-3-6-17(7-4-13)24-11-15(10-20(24)26)21(27)28-12-19(25)23-18-8-5-16(22)9-14(18)2/h3-9,15H,10-12H2,1-2H3,(H,23,25)/t15-/m0/s1. The molecular weight excluding hydrogens is 380 g/mol. The van der Waals surface area contributed by atoms with Crippen LogP contribution in [0.4, 0.5) is 11.4 Å². The number of nitrogens with zero attached hydrogens (tertiary/aromatic N) is 1. The number of rotatable bonds is 5.